The van der Waals surface area contributed by atoms with Crippen LogP contribution in [0.2, 0.25) is 0 Å². The number of hydrogen-bond donors (Lipinski definition) is 2. The van der Waals surface area contributed by atoms with Crippen molar-refractivity contribution in [3.05, 3.63) is 0 Å². The minimum Gasteiger partial charge on any atom is -0.465 e. The standard InChI is InChI=1S/C11H22N2O4/c1-8(6-7-12-9(14)15)13(5)10(16)17-11(2,3)4/h8,12H,6-7H2,1-5H3,(H,14,15). The Kier molecular flexibility index (Phi) is 5.78. The predicted molar refractivity (Wildman–Crippen MR) is 64.1 cm³/mol. The molecule has 0 aliphatic rings. The number of nitrogens with one attached hydrogen (secondary N) is 1. The first kappa shape index (κ1) is 15.5. The summed E-state index contributed by atoms with van der Waals surface area (Å²) in [7, 11) is 1.64. The van der Waals surface area contributed by atoms with Crippen molar-refractivity contribution in [2.45, 2.75) is 45.8 Å². The van der Waals surface area contributed by atoms with E-state index in [4.69, 9.17) is 9.84 Å². The summed E-state index contributed by atoms with van der Waals surface area (Å²) >= 11 is 0. The van der Waals surface area contributed by atoms with Gasteiger partial charge in [-0.3, -0.25) is 0 Å². The fourth-order valence-electron chi connectivity index (χ4n) is 1.10. The monoisotopic (exact) mass is 246 g/mol. The molecule has 0 aromatic carbocycles. The lowest BCUT2D eigenvalue weighted by Crippen LogP contribution is -2.40. The van der Waals surface area contributed by atoms with Crippen molar-refractivity contribution >= 4 is 12.2 Å². The van der Waals surface area contributed by atoms with Crippen LogP contribution in [0.1, 0.15) is 34.1 Å². The van der Waals surface area contributed by atoms with Gasteiger partial charge in [0.1, 0.15) is 5.60 Å². The number of carbonyl (C=O) groups is 2. The van der Waals surface area contributed by atoms with Crippen molar-refractivity contribution in [1.29, 1.82) is 0 Å². The second kappa shape index (κ2) is 6.32. The summed E-state index contributed by atoms with van der Waals surface area (Å²) in [5.74, 6) is 0. The predicted octanol–water partition coefficient (Wildman–Crippen LogP) is 1.90. The van der Waals surface area contributed by atoms with Gasteiger partial charge < -0.3 is 20.1 Å². The zero-order valence-electron chi connectivity index (χ0n) is 11.1. The molecular formula is C11H22N2O4. The molecule has 17 heavy (non-hydrogen) atoms. The van der Waals surface area contributed by atoms with E-state index in [2.05, 4.69) is 5.32 Å². The van der Waals surface area contributed by atoms with Gasteiger partial charge in [0.25, 0.3) is 0 Å². The van der Waals surface area contributed by atoms with E-state index in [-0.39, 0.29) is 6.04 Å². The third-order valence-electron chi connectivity index (χ3n) is 2.18. The smallest absolute Gasteiger partial charge is 0.410 e. The summed E-state index contributed by atoms with van der Waals surface area (Å²) in [5, 5.41) is 10.7. The van der Waals surface area contributed by atoms with Gasteiger partial charge in [0.15, 0.2) is 0 Å². The zero-order chi connectivity index (χ0) is 13.6. The van der Waals surface area contributed by atoms with Crippen LogP contribution in [0.25, 0.3) is 0 Å². The Balaban J connectivity index is 4.07. The molecular weight excluding hydrogens is 224 g/mol. The number of nitrogens with zero attached hydrogens (tertiary/aromatic N) is 1. The van der Waals surface area contributed by atoms with Crippen molar-refractivity contribution in [3.8, 4) is 0 Å². The average molecular weight is 246 g/mol. The minimum absolute atomic E-state index is 0.0864. The molecule has 0 spiro atoms. The van der Waals surface area contributed by atoms with Crippen LogP contribution in [0.3, 0.4) is 0 Å². The van der Waals surface area contributed by atoms with Crippen molar-refractivity contribution < 1.29 is 19.4 Å². The fraction of sp³-hybridized carbons (Fsp3) is 0.818. The zero-order valence-corrected chi connectivity index (χ0v) is 11.1. The number of carbonyl (C=O) groups excluding carboxylic acids is 1. The summed E-state index contributed by atoms with van der Waals surface area (Å²) in [4.78, 5) is 23.4. The van der Waals surface area contributed by atoms with E-state index in [0.29, 0.717) is 13.0 Å². The summed E-state index contributed by atoms with van der Waals surface area (Å²) in [6.07, 6.45) is -0.917. The Hall–Kier alpha value is -1.46. The van der Waals surface area contributed by atoms with Crippen LogP contribution in [-0.2, 0) is 4.74 Å². The molecule has 0 bridgehead atoms. The number of carboxylic acid groups (broad SMARTS) is 1. The van der Waals surface area contributed by atoms with Crippen LogP contribution in [0.15, 0.2) is 0 Å². The molecule has 2 N–H and O–H groups in total. The van der Waals surface area contributed by atoms with Crippen LogP contribution in [-0.4, -0.2) is 47.4 Å². The molecule has 0 rings (SSSR count). The van der Waals surface area contributed by atoms with Gasteiger partial charge in [-0.1, -0.05) is 0 Å². The van der Waals surface area contributed by atoms with Gasteiger partial charge in [0.05, 0.1) is 0 Å². The number of ether oxygens (including phenoxy) is 1. The van der Waals surface area contributed by atoms with E-state index in [1.54, 1.807) is 27.8 Å². The lowest BCUT2D eigenvalue weighted by atomic mass is 10.2. The van der Waals surface area contributed by atoms with Crippen LogP contribution >= 0.6 is 0 Å². The molecule has 0 heterocycles. The highest BCUT2D eigenvalue weighted by Gasteiger charge is 2.22. The molecule has 0 saturated carbocycles. The molecule has 0 saturated heterocycles. The van der Waals surface area contributed by atoms with Crippen LogP contribution in [0.5, 0.6) is 0 Å². The van der Waals surface area contributed by atoms with Gasteiger partial charge in [-0.05, 0) is 34.1 Å². The molecule has 0 aliphatic heterocycles. The Morgan fingerprint density at radius 2 is 1.94 bits per heavy atom. The Bertz CT molecular complexity index is 273. The maximum absolute atomic E-state index is 11.7. The average Bonchev–Trinajstić information content (AvgIpc) is 2.13. The van der Waals surface area contributed by atoms with Crippen LogP contribution in [0.4, 0.5) is 9.59 Å². The van der Waals surface area contributed by atoms with Crippen LogP contribution < -0.4 is 5.32 Å². The third kappa shape index (κ3) is 7.43. The minimum atomic E-state index is -1.06. The third-order valence-corrected chi connectivity index (χ3v) is 2.18. The topological polar surface area (TPSA) is 78.9 Å². The van der Waals surface area contributed by atoms with Gasteiger partial charge in [0, 0.05) is 19.6 Å². The molecule has 2 amide bonds. The molecule has 0 fully saturated rings. The maximum Gasteiger partial charge on any atom is 0.410 e. The SMILES string of the molecule is CC(CCNC(=O)O)N(C)C(=O)OC(C)(C)C. The molecule has 1 unspecified atom stereocenters. The van der Waals surface area contributed by atoms with Crippen molar-refractivity contribution in [3.63, 3.8) is 0 Å². The molecule has 0 aromatic heterocycles. The lowest BCUT2D eigenvalue weighted by Gasteiger charge is -2.28. The molecule has 6 nitrogen and oxygen atoms in total. The number of amides is 2. The van der Waals surface area contributed by atoms with Gasteiger partial charge in [-0.15, -0.1) is 0 Å². The molecule has 100 valence electrons. The molecule has 0 radical (unpaired) electrons. The first-order chi connectivity index (χ1) is 7.63. The Morgan fingerprint density at radius 1 is 1.41 bits per heavy atom. The van der Waals surface area contributed by atoms with E-state index in [9.17, 15) is 9.59 Å². The highest BCUT2D eigenvalue weighted by Crippen LogP contribution is 2.11. The Labute approximate surface area is 102 Å². The van der Waals surface area contributed by atoms with E-state index in [1.165, 1.54) is 4.90 Å². The van der Waals surface area contributed by atoms with Crippen molar-refractivity contribution in [1.82, 2.24) is 10.2 Å². The van der Waals surface area contributed by atoms with E-state index >= 15 is 0 Å². The summed E-state index contributed by atoms with van der Waals surface area (Å²) < 4.78 is 5.20. The first-order valence-electron chi connectivity index (χ1n) is 5.56. The summed E-state index contributed by atoms with van der Waals surface area (Å²) in [6, 6.07) is -0.0864. The lowest BCUT2D eigenvalue weighted by molar-refractivity contribution is 0.0230. The van der Waals surface area contributed by atoms with E-state index in [1.807, 2.05) is 6.92 Å². The van der Waals surface area contributed by atoms with Crippen LogP contribution in [0, 0.1) is 0 Å². The number of hydrogen-bond acceptors (Lipinski definition) is 3. The quantitative estimate of drug-likeness (QED) is 0.794. The van der Waals surface area contributed by atoms with Gasteiger partial charge >= 0.3 is 12.2 Å². The normalized spacial score (nSPS) is 12.8. The molecule has 0 aromatic rings. The first-order valence-corrected chi connectivity index (χ1v) is 5.56. The van der Waals surface area contributed by atoms with Gasteiger partial charge in [-0.2, -0.15) is 0 Å². The number of rotatable bonds is 4. The van der Waals surface area contributed by atoms with E-state index < -0.39 is 17.8 Å². The summed E-state index contributed by atoms with van der Waals surface area (Å²) in [5.41, 5.74) is -0.523. The molecule has 6 heteroatoms. The van der Waals surface area contributed by atoms with E-state index in [0.717, 1.165) is 0 Å². The maximum atomic E-state index is 11.7. The van der Waals surface area contributed by atoms with Crippen molar-refractivity contribution in [2.24, 2.45) is 0 Å². The second-order valence-corrected chi connectivity index (χ2v) is 4.96. The fourth-order valence-corrected chi connectivity index (χ4v) is 1.10. The highest BCUT2D eigenvalue weighted by atomic mass is 16.6. The largest absolute Gasteiger partial charge is 0.465 e. The highest BCUT2D eigenvalue weighted by molar-refractivity contribution is 5.68. The van der Waals surface area contributed by atoms with Gasteiger partial charge in [-0.25, -0.2) is 9.59 Å². The molecule has 0 aliphatic carbocycles. The Morgan fingerprint density at radius 3 is 2.35 bits per heavy atom. The summed E-state index contributed by atoms with van der Waals surface area (Å²) in [6.45, 7) is 7.55. The molecule has 1 atom stereocenters. The van der Waals surface area contributed by atoms with Gasteiger partial charge in [0.2, 0.25) is 0 Å². The van der Waals surface area contributed by atoms with Crippen molar-refractivity contribution in [2.75, 3.05) is 13.6 Å². The second-order valence-electron chi connectivity index (χ2n) is 4.96.